The summed E-state index contributed by atoms with van der Waals surface area (Å²) in [6.45, 7) is 5.87. The fraction of sp³-hybridized carbons (Fsp3) is 0.333. The van der Waals surface area contributed by atoms with Crippen LogP contribution in [0.5, 0.6) is 5.75 Å². The Balaban J connectivity index is 0.00000420. The molecule has 1 unspecified atom stereocenters. The third-order valence-corrected chi connectivity index (χ3v) is 4.17. The molecule has 0 aliphatic carbocycles. The molecule has 158 valence electrons. The largest absolute Gasteiger partial charge is 0.489 e. The molecule has 0 aliphatic rings. The number of hydrogen-bond acceptors (Lipinski definition) is 3. The maximum atomic E-state index is 11.6. The number of aliphatic imine (C=N–C) groups is 1. The molecule has 8 heteroatoms. The van der Waals surface area contributed by atoms with Gasteiger partial charge in [0.1, 0.15) is 11.9 Å². The smallest absolute Gasteiger partial charge is 0.251 e. The number of amides is 1. The number of halogens is 2. The Hall–Kier alpha value is -2.00. The summed E-state index contributed by atoms with van der Waals surface area (Å²) >= 11 is 5.89. The number of nitrogens with zero attached hydrogens (tertiary/aromatic N) is 1. The number of carbonyl (C=O) groups is 1. The number of rotatable bonds is 8. The Labute approximate surface area is 194 Å². The lowest BCUT2D eigenvalue weighted by molar-refractivity contribution is 0.0963. The van der Waals surface area contributed by atoms with Crippen LogP contribution >= 0.6 is 35.6 Å². The van der Waals surface area contributed by atoms with Gasteiger partial charge in [0, 0.05) is 24.2 Å². The van der Waals surface area contributed by atoms with Crippen molar-refractivity contribution in [3.63, 3.8) is 0 Å². The Bertz CT molecular complexity index is 782. The van der Waals surface area contributed by atoms with Gasteiger partial charge < -0.3 is 20.7 Å². The van der Waals surface area contributed by atoms with Crippen molar-refractivity contribution in [1.82, 2.24) is 16.0 Å². The minimum Gasteiger partial charge on any atom is -0.489 e. The molecular formula is C21H28ClIN4O2. The van der Waals surface area contributed by atoms with Crippen LogP contribution in [0.1, 0.15) is 29.8 Å². The Morgan fingerprint density at radius 2 is 1.76 bits per heavy atom. The van der Waals surface area contributed by atoms with E-state index < -0.39 is 0 Å². The lowest BCUT2D eigenvalue weighted by Crippen LogP contribution is -2.41. The van der Waals surface area contributed by atoms with Crippen LogP contribution in [0.2, 0.25) is 5.02 Å². The molecule has 2 aromatic rings. The Kier molecular flexibility index (Phi) is 11.5. The second kappa shape index (κ2) is 13.3. The number of nitrogens with one attached hydrogen (secondary N) is 3. The molecule has 0 saturated carbocycles. The predicted molar refractivity (Wildman–Crippen MR) is 130 cm³/mol. The molecule has 0 spiro atoms. The normalized spacial score (nSPS) is 11.8. The van der Waals surface area contributed by atoms with Crippen molar-refractivity contribution in [3.05, 3.63) is 64.7 Å². The molecule has 0 heterocycles. The molecule has 1 amide bonds. The maximum Gasteiger partial charge on any atom is 0.251 e. The minimum atomic E-state index is -0.0975. The van der Waals surface area contributed by atoms with E-state index >= 15 is 0 Å². The molecule has 0 aromatic heterocycles. The van der Waals surface area contributed by atoms with Gasteiger partial charge in [0.05, 0.1) is 13.1 Å². The molecule has 0 aliphatic heterocycles. The molecule has 3 N–H and O–H groups in total. The van der Waals surface area contributed by atoms with E-state index in [0.717, 1.165) is 17.9 Å². The van der Waals surface area contributed by atoms with Crippen molar-refractivity contribution in [2.75, 3.05) is 20.1 Å². The average molecular weight is 531 g/mol. The third-order valence-electron chi connectivity index (χ3n) is 3.92. The van der Waals surface area contributed by atoms with Gasteiger partial charge in [-0.05, 0) is 55.8 Å². The van der Waals surface area contributed by atoms with Gasteiger partial charge in [-0.15, -0.1) is 24.0 Å². The zero-order valence-electron chi connectivity index (χ0n) is 16.9. The summed E-state index contributed by atoms with van der Waals surface area (Å²) in [5.41, 5.74) is 1.66. The number of guanidine groups is 1. The summed E-state index contributed by atoms with van der Waals surface area (Å²) in [4.78, 5) is 16.2. The quantitative estimate of drug-likeness (QED) is 0.275. The maximum absolute atomic E-state index is 11.6. The molecular weight excluding hydrogens is 503 g/mol. The lowest BCUT2D eigenvalue weighted by Gasteiger charge is -2.17. The van der Waals surface area contributed by atoms with Crippen molar-refractivity contribution in [2.45, 2.75) is 26.5 Å². The van der Waals surface area contributed by atoms with E-state index in [4.69, 9.17) is 16.3 Å². The Morgan fingerprint density at radius 3 is 2.34 bits per heavy atom. The lowest BCUT2D eigenvalue weighted by atomic mass is 10.1. The van der Waals surface area contributed by atoms with E-state index in [1.165, 1.54) is 0 Å². The fourth-order valence-corrected chi connectivity index (χ4v) is 2.57. The highest BCUT2D eigenvalue weighted by Gasteiger charge is 2.06. The molecule has 1 atom stereocenters. The molecule has 0 radical (unpaired) electrons. The number of ether oxygens (including phenoxy) is 1. The van der Waals surface area contributed by atoms with Crippen LogP contribution in [0, 0.1) is 0 Å². The van der Waals surface area contributed by atoms with Crippen LogP contribution in [0.3, 0.4) is 0 Å². The van der Waals surface area contributed by atoms with Crippen molar-refractivity contribution >= 4 is 47.4 Å². The van der Waals surface area contributed by atoms with Gasteiger partial charge in [-0.3, -0.25) is 4.79 Å². The molecule has 2 rings (SSSR count). The SMILES string of the molecule is CCNC(=NCc1ccc(C(=O)NC)cc1)NCC(C)Oc1ccc(Cl)cc1.I. The van der Waals surface area contributed by atoms with E-state index in [-0.39, 0.29) is 36.0 Å². The van der Waals surface area contributed by atoms with Gasteiger partial charge in [-0.1, -0.05) is 23.7 Å². The number of hydrogen-bond donors (Lipinski definition) is 3. The van der Waals surface area contributed by atoms with E-state index in [2.05, 4.69) is 20.9 Å². The van der Waals surface area contributed by atoms with Crippen molar-refractivity contribution in [1.29, 1.82) is 0 Å². The first kappa shape index (κ1) is 25.0. The fourth-order valence-electron chi connectivity index (χ4n) is 2.45. The summed E-state index contributed by atoms with van der Waals surface area (Å²) < 4.78 is 5.87. The molecule has 29 heavy (non-hydrogen) atoms. The molecule has 2 aromatic carbocycles. The van der Waals surface area contributed by atoms with E-state index in [9.17, 15) is 4.79 Å². The highest BCUT2D eigenvalue weighted by Crippen LogP contribution is 2.16. The highest BCUT2D eigenvalue weighted by molar-refractivity contribution is 14.0. The topological polar surface area (TPSA) is 74.8 Å². The second-order valence-electron chi connectivity index (χ2n) is 6.23. The van der Waals surface area contributed by atoms with Crippen molar-refractivity contribution in [3.8, 4) is 5.75 Å². The number of benzene rings is 2. The first-order valence-corrected chi connectivity index (χ1v) is 9.65. The third kappa shape index (κ3) is 8.91. The van der Waals surface area contributed by atoms with Gasteiger partial charge in [0.15, 0.2) is 5.96 Å². The van der Waals surface area contributed by atoms with Crippen LogP contribution in [0.25, 0.3) is 0 Å². The molecule has 0 bridgehead atoms. The molecule has 0 fully saturated rings. The van der Waals surface area contributed by atoms with E-state index in [1.54, 1.807) is 31.3 Å². The van der Waals surface area contributed by atoms with Gasteiger partial charge in [-0.2, -0.15) is 0 Å². The summed E-state index contributed by atoms with van der Waals surface area (Å²) in [6.07, 6.45) is -0.0446. The second-order valence-corrected chi connectivity index (χ2v) is 6.67. The summed E-state index contributed by atoms with van der Waals surface area (Å²) in [6, 6.07) is 14.7. The van der Waals surface area contributed by atoms with Crippen LogP contribution in [0.4, 0.5) is 0 Å². The van der Waals surface area contributed by atoms with E-state index in [1.807, 2.05) is 38.1 Å². The van der Waals surface area contributed by atoms with Crippen LogP contribution in [-0.4, -0.2) is 38.1 Å². The van der Waals surface area contributed by atoms with Crippen LogP contribution in [-0.2, 0) is 6.54 Å². The first-order valence-electron chi connectivity index (χ1n) is 9.27. The Morgan fingerprint density at radius 1 is 1.10 bits per heavy atom. The van der Waals surface area contributed by atoms with Crippen molar-refractivity contribution in [2.24, 2.45) is 4.99 Å². The van der Waals surface area contributed by atoms with Crippen LogP contribution < -0.4 is 20.7 Å². The van der Waals surface area contributed by atoms with Gasteiger partial charge >= 0.3 is 0 Å². The first-order chi connectivity index (χ1) is 13.5. The standard InChI is InChI=1S/C21H27ClN4O2.HI/c1-4-24-21(25-13-15(2)28-19-11-9-18(22)10-12-19)26-14-16-5-7-17(8-6-16)20(27)23-3;/h5-12,15H,4,13-14H2,1-3H3,(H,23,27)(H2,24,25,26);1H. The zero-order chi connectivity index (χ0) is 20.4. The predicted octanol–water partition coefficient (Wildman–Crippen LogP) is 3.84. The monoisotopic (exact) mass is 530 g/mol. The average Bonchev–Trinajstić information content (AvgIpc) is 2.71. The highest BCUT2D eigenvalue weighted by atomic mass is 127. The summed E-state index contributed by atoms with van der Waals surface area (Å²) in [5.74, 6) is 1.39. The van der Waals surface area contributed by atoms with E-state index in [0.29, 0.717) is 29.6 Å². The van der Waals surface area contributed by atoms with Gasteiger partial charge in [0.2, 0.25) is 0 Å². The summed E-state index contributed by atoms with van der Waals surface area (Å²) in [5, 5.41) is 9.80. The molecule has 0 saturated heterocycles. The zero-order valence-corrected chi connectivity index (χ0v) is 20.0. The molecule has 6 nitrogen and oxygen atoms in total. The van der Waals surface area contributed by atoms with Gasteiger partial charge in [0.25, 0.3) is 5.91 Å². The summed E-state index contributed by atoms with van der Waals surface area (Å²) in [7, 11) is 1.62. The number of carbonyl (C=O) groups excluding carboxylic acids is 1. The van der Waals surface area contributed by atoms with Gasteiger partial charge in [-0.25, -0.2) is 4.99 Å². The minimum absolute atomic E-state index is 0. The van der Waals surface area contributed by atoms with Crippen LogP contribution in [0.15, 0.2) is 53.5 Å². The van der Waals surface area contributed by atoms with Crippen molar-refractivity contribution < 1.29 is 9.53 Å².